The molecule has 0 saturated carbocycles. The molecular formula is C12H14Hf-2. The van der Waals surface area contributed by atoms with Gasteiger partial charge in [-0.25, -0.2) is 23.8 Å². The zero-order valence-electron chi connectivity index (χ0n) is 8.22. The van der Waals surface area contributed by atoms with Gasteiger partial charge in [0, 0.05) is 25.8 Å². The third kappa shape index (κ3) is 5.98. The van der Waals surface area contributed by atoms with E-state index in [4.69, 9.17) is 0 Å². The van der Waals surface area contributed by atoms with Gasteiger partial charge in [-0.15, -0.1) is 6.42 Å². The molecule has 2 aliphatic rings. The standard InChI is InChI=1S/C7H9.C5H5.Hf/c1-6-3-4-7(2)5-6;1-2-4-5-3-1;/h3H,4H2,1-2H3;1-3H,4H2;/q2*-1;. The van der Waals surface area contributed by atoms with Gasteiger partial charge in [0.15, 0.2) is 0 Å². The molecule has 0 saturated heterocycles. The molecule has 0 unspecified atom stereocenters. The molecule has 0 atom stereocenters. The molecular weight excluding hydrogens is 323 g/mol. The zero-order valence-corrected chi connectivity index (χ0v) is 11.8. The minimum Gasteiger partial charge on any atom is -0.273 e. The predicted octanol–water partition coefficient (Wildman–Crippen LogP) is 3.39. The Kier molecular flexibility index (Phi) is 7.16. The number of rotatable bonds is 0. The predicted molar refractivity (Wildman–Crippen MR) is 52.4 cm³/mol. The number of hydrogen-bond donors (Lipinski definition) is 0. The second-order valence-electron chi connectivity index (χ2n) is 3.00. The van der Waals surface area contributed by atoms with Crippen molar-refractivity contribution >= 4 is 0 Å². The summed E-state index contributed by atoms with van der Waals surface area (Å²) in [6, 6.07) is 0. The van der Waals surface area contributed by atoms with Crippen LogP contribution >= 0.6 is 0 Å². The van der Waals surface area contributed by atoms with Gasteiger partial charge in [0.05, 0.1) is 0 Å². The first-order chi connectivity index (χ1) is 5.79. The molecule has 0 amide bonds. The first kappa shape index (κ1) is 12.8. The molecule has 0 aromatic rings. The van der Waals surface area contributed by atoms with E-state index < -0.39 is 0 Å². The van der Waals surface area contributed by atoms with E-state index in [0.29, 0.717) is 0 Å². The van der Waals surface area contributed by atoms with Gasteiger partial charge in [-0.3, -0.25) is 12.2 Å². The Morgan fingerprint density at radius 1 is 1.31 bits per heavy atom. The van der Waals surface area contributed by atoms with Gasteiger partial charge in [-0.2, -0.15) is 11.6 Å². The van der Waals surface area contributed by atoms with E-state index in [1.807, 2.05) is 12.2 Å². The summed E-state index contributed by atoms with van der Waals surface area (Å²) in [7, 11) is 0. The maximum Gasteiger partial charge on any atom is 0 e. The van der Waals surface area contributed by atoms with Crippen molar-refractivity contribution in [2.45, 2.75) is 26.7 Å². The Hall–Kier alpha value is -0.170. The van der Waals surface area contributed by atoms with E-state index >= 15 is 0 Å². The Labute approximate surface area is 99.9 Å². The molecule has 0 nitrogen and oxygen atoms in total. The molecule has 0 fully saturated rings. The third-order valence-electron chi connectivity index (χ3n) is 1.71. The SMILES string of the molecule is CC1=[C-]C(C)=CC1.[C-]1=CC=CC1.[Hf]. The summed E-state index contributed by atoms with van der Waals surface area (Å²) in [4.78, 5) is 0. The van der Waals surface area contributed by atoms with Crippen molar-refractivity contribution in [3.05, 3.63) is 47.6 Å². The molecule has 0 heterocycles. The molecule has 68 valence electrons. The average molecular weight is 337 g/mol. The van der Waals surface area contributed by atoms with Gasteiger partial charge >= 0.3 is 0 Å². The van der Waals surface area contributed by atoms with Crippen LogP contribution in [0.3, 0.4) is 0 Å². The van der Waals surface area contributed by atoms with Crippen LogP contribution in [0, 0.1) is 12.2 Å². The van der Waals surface area contributed by atoms with Crippen LogP contribution in [-0.2, 0) is 25.8 Å². The van der Waals surface area contributed by atoms with E-state index in [9.17, 15) is 0 Å². The summed E-state index contributed by atoms with van der Waals surface area (Å²) in [6.07, 6.45) is 16.5. The molecule has 0 spiro atoms. The normalized spacial score (nSPS) is 17.1. The Balaban J connectivity index is 0.000000215. The smallest absolute Gasteiger partial charge is 0 e. The molecule has 0 radical (unpaired) electrons. The average Bonchev–Trinajstić information content (AvgIpc) is 2.63. The largest absolute Gasteiger partial charge is 0.273 e. The topological polar surface area (TPSA) is 0 Å². The maximum absolute atomic E-state index is 3.19. The minimum atomic E-state index is 0. The van der Waals surface area contributed by atoms with Crippen LogP contribution < -0.4 is 0 Å². The van der Waals surface area contributed by atoms with Crippen molar-refractivity contribution in [2.75, 3.05) is 0 Å². The van der Waals surface area contributed by atoms with Crippen LogP contribution in [-0.4, -0.2) is 0 Å². The van der Waals surface area contributed by atoms with Crippen molar-refractivity contribution in [1.82, 2.24) is 0 Å². The molecule has 0 N–H and O–H groups in total. The summed E-state index contributed by atoms with van der Waals surface area (Å²) in [6.45, 7) is 4.18. The van der Waals surface area contributed by atoms with Crippen molar-refractivity contribution in [3.8, 4) is 0 Å². The van der Waals surface area contributed by atoms with Gasteiger partial charge in [-0.05, 0) is 0 Å². The van der Waals surface area contributed by atoms with E-state index in [1.54, 1.807) is 0 Å². The Bertz CT molecular complexity index is 244. The van der Waals surface area contributed by atoms with Crippen LogP contribution in [0.5, 0.6) is 0 Å². The fourth-order valence-electron chi connectivity index (χ4n) is 1.09. The van der Waals surface area contributed by atoms with Crippen molar-refractivity contribution in [2.24, 2.45) is 0 Å². The van der Waals surface area contributed by atoms with E-state index in [-0.39, 0.29) is 25.8 Å². The van der Waals surface area contributed by atoms with Crippen molar-refractivity contribution in [1.29, 1.82) is 0 Å². The molecule has 0 aromatic heterocycles. The first-order valence-electron chi connectivity index (χ1n) is 4.27. The van der Waals surface area contributed by atoms with E-state index in [2.05, 4.69) is 38.2 Å². The van der Waals surface area contributed by atoms with Crippen molar-refractivity contribution < 1.29 is 25.8 Å². The van der Waals surface area contributed by atoms with Gasteiger partial charge in [0.25, 0.3) is 0 Å². The van der Waals surface area contributed by atoms with Gasteiger partial charge in [-0.1, -0.05) is 20.3 Å². The zero-order chi connectivity index (χ0) is 8.81. The fraction of sp³-hybridized carbons (Fsp3) is 0.333. The molecule has 0 aromatic carbocycles. The summed E-state index contributed by atoms with van der Waals surface area (Å²) in [5.41, 5.74) is 2.65. The van der Waals surface area contributed by atoms with E-state index in [1.165, 1.54) is 11.1 Å². The fourth-order valence-corrected chi connectivity index (χ4v) is 1.09. The van der Waals surface area contributed by atoms with Gasteiger partial charge in [0.2, 0.25) is 0 Å². The van der Waals surface area contributed by atoms with Crippen LogP contribution in [0.1, 0.15) is 26.7 Å². The summed E-state index contributed by atoms with van der Waals surface area (Å²) >= 11 is 0. The second kappa shape index (κ2) is 7.25. The van der Waals surface area contributed by atoms with Gasteiger partial charge in [0.1, 0.15) is 0 Å². The molecule has 0 aliphatic heterocycles. The Morgan fingerprint density at radius 3 is 2.23 bits per heavy atom. The third-order valence-corrected chi connectivity index (χ3v) is 1.71. The first-order valence-corrected chi connectivity index (χ1v) is 4.27. The monoisotopic (exact) mass is 338 g/mol. The quantitative estimate of drug-likeness (QED) is 0.470. The number of allylic oxidation sites excluding steroid dienone is 8. The van der Waals surface area contributed by atoms with Crippen molar-refractivity contribution in [3.63, 3.8) is 0 Å². The molecule has 2 aliphatic carbocycles. The molecule has 1 heteroatoms. The summed E-state index contributed by atoms with van der Waals surface area (Å²) in [5, 5.41) is 0. The van der Waals surface area contributed by atoms with Crippen LogP contribution in [0.2, 0.25) is 0 Å². The van der Waals surface area contributed by atoms with Crippen LogP contribution in [0.25, 0.3) is 0 Å². The van der Waals surface area contributed by atoms with Gasteiger partial charge < -0.3 is 0 Å². The minimum absolute atomic E-state index is 0. The van der Waals surface area contributed by atoms with E-state index in [0.717, 1.165) is 12.8 Å². The summed E-state index contributed by atoms with van der Waals surface area (Å²) < 4.78 is 0. The number of hydrogen-bond acceptors (Lipinski definition) is 0. The molecule has 13 heavy (non-hydrogen) atoms. The van der Waals surface area contributed by atoms with Crippen LogP contribution in [0.4, 0.5) is 0 Å². The second-order valence-corrected chi connectivity index (χ2v) is 3.00. The molecule has 2 rings (SSSR count). The van der Waals surface area contributed by atoms with Crippen LogP contribution in [0.15, 0.2) is 35.5 Å². The molecule has 0 bridgehead atoms. The maximum atomic E-state index is 3.19. The Morgan fingerprint density at radius 2 is 2.08 bits per heavy atom. The summed E-state index contributed by atoms with van der Waals surface area (Å²) in [5.74, 6) is 0.